The minimum absolute atomic E-state index is 0.109. The van der Waals surface area contributed by atoms with Gasteiger partial charge in [-0.3, -0.25) is 19.3 Å². The molecule has 4 fully saturated rings. The Morgan fingerprint density at radius 1 is 1.03 bits per heavy atom. The summed E-state index contributed by atoms with van der Waals surface area (Å²) in [5.41, 5.74) is -4.72. The maximum absolute atomic E-state index is 14.3. The Morgan fingerprint density at radius 2 is 1.68 bits per heavy atom. The average molecular weight is 520 g/mol. The minimum atomic E-state index is -1.82. The van der Waals surface area contributed by atoms with E-state index in [0.717, 1.165) is 5.56 Å². The number of benzene rings is 2. The van der Waals surface area contributed by atoms with Crippen molar-refractivity contribution >= 4 is 29.5 Å². The number of hydrogen-bond acceptors (Lipinski definition) is 8. The zero-order valence-corrected chi connectivity index (χ0v) is 21.6. The highest BCUT2D eigenvalue weighted by atomic mass is 16.6. The number of aliphatic hydroxyl groups is 1. The number of aryl methyl sites for hydroxylation is 1. The third-order valence-electron chi connectivity index (χ3n) is 9.02. The molecule has 3 saturated heterocycles. The molecule has 6 rings (SSSR count). The first kappa shape index (κ1) is 24.6. The van der Waals surface area contributed by atoms with Gasteiger partial charge in [0.25, 0.3) is 5.91 Å². The van der Waals surface area contributed by atoms with Crippen LogP contribution in [0.2, 0.25) is 0 Å². The molecule has 0 aromatic heterocycles. The monoisotopic (exact) mass is 519 g/mol. The Hall–Kier alpha value is -3.72. The normalized spacial score (nSPS) is 35.4. The summed E-state index contributed by atoms with van der Waals surface area (Å²) in [6.07, 6.45) is -4.50. The van der Waals surface area contributed by atoms with Gasteiger partial charge in [0, 0.05) is 12.1 Å². The first-order valence-electron chi connectivity index (χ1n) is 12.7. The molecule has 4 aliphatic rings. The Kier molecular flexibility index (Phi) is 4.96. The van der Waals surface area contributed by atoms with E-state index in [2.05, 4.69) is 0 Å². The summed E-state index contributed by atoms with van der Waals surface area (Å²) in [5.74, 6) is -2.80. The Labute approximate surface area is 219 Å². The van der Waals surface area contributed by atoms with Gasteiger partial charge in [-0.15, -0.1) is 0 Å². The summed E-state index contributed by atoms with van der Waals surface area (Å²) < 4.78 is 17.6. The molecule has 198 valence electrons. The van der Waals surface area contributed by atoms with Gasteiger partial charge in [-0.2, -0.15) is 0 Å². The van der Waals surface area contributed by atoms with Crippen LogP contribution in [-0.2, 0) is 28.6 Å². The number of anilines is 1. The van der Waals surface area contributed by atoms with E-state index in [-0.39, 0.29) is 18.4 Å². The molecule has 1 N–H and O–H groups in total. The maximum atomic E-state index is 14.3. The lowest BCUT2D eigenvalue weighted by Crippen LogP contribution is -2.66. The predicted octanol–water partition coefficient (Wildman–Crippen LogP) is 2.92. The Balaban J connectivity index is 1.62. The highest BCUT2D eigenvalue weighted by molar-refractivity contribution is 6.07. The quantitative estimate of drug-likeness (QED) is 0.486. The predicted molar refractivity (Wildman–Crippen MR) is 133 cm³/mol. The number of nitrogens with zero attached hydrogens (tertiary/aromatic N) is 1. The molecule has 1 saturated carbocycles. The summed E-state index contributed by atoms with van der Waals surface area (Å²) in [7, 11) is 0. The van der Waals surface area contributed by atoms with Crippen molar-refractivity contribution in [2.24, 2.45) is 16.2 Å². The lowest BCUT2D eigenvalue weighted by atomic mass is 9.52. The smallest absolute Gasteiger partial charge is 0.338 e. The van der Waals surface area contributed by atoms with E-state index in [9.17, 15) is 24.3 Å². The zero-order valence-electron chi connectivity index (χ0n) is 21.6. The van der Waals surface area contributed by atoms with Crippen LogP contribution in [0.25, 0.3) is 0 Å². The van der Waals surface area contributed by atoms with Gasteiger partial charge >= 0.3 is 17.9 Å². The topological polar surface area (TPSA) is 119 Å². The molecule has 0 unspecified atom stereocenters. The van der Waals surface area contributed by atoms with Gasteiger partial charge in [-0.25, -0.2) is 4.79 Å². The number of amides is 1. The SMILES string of the molecule is Cc1ccc(N2C(=O)[C@H](OC(=O)c3ccccc3)[C@@]34[C@@H]2OC(=O)[C@@]32CC(=O)O[C@H]2C[C@@]4(O)C(C)(C)C)cc1. The van der Waals surface area contributed by atoms with E-state index in [4.69, 9.17) is 14.2 Å². The second-order valence-corrected chi connectivity index (χ2v) is 11.8. The third kappa shape index (κ3) is 2.74. The number of carbonyl (C=O) groups excluding carboxylic acids is 4. The van der Waals surface area contributed by atoms with Gasteiger partial charge in [-0.1, -0.05) is 56.7 Å². The highest BCUT2D eigenvalue weighted by Gasteiger charge is 2.93. The fourth-order valence-electron chi connectivity index (χ4n) is 7.23. The van der Waals surface area contributed by atoms with E-state index in [0.29, 0.717) is 5.69 Å². The average Bonchev–Trinajstić information content (AvgIpc) is 3.47. The third-order valence-corrected chi connectivity index (χ3v) is 9.02. The lowest BCUT2D eigenvalue weighted by molar-refractivity contribution is -0.204. The summed E-state index contributed by atoms with van der Waals surface area (Å²) in [4.78, 5) is 55.5. The molecular weight excluding hydrogens is 490 g/mol. The molecule has 9 heteroatoms. The molecule has 6 atom stereocenters. The first-order chi connectivity index (χ1) is 17.9. The fraction of sp³-hybridized carbons (Fsp3) is 0.448. The van der Waals surface area contributed by atoms with Crippen LogP contribution < -0.4 is 4.90 Å². The Morgan fingerprint density at radius 3 is 2.32 bits per heavy atom. The molecule has 0 bridgehead atoms. The van der Waals surface area contributed by atoms with Crippen molar-refractivity contribution in [2.75, 3.05) is 4.90 Å². The summed E-state index contributed by atoms with van der Waals surface area (Å²) >= 11 is 0. The molecule has 2 aromatic rings. The molecular formula is C29H29NO8. The number of esters is 3. The van der Waals surface area contributed by atoms with Gasteiger partial charge in [-0.05, 0) is 36.6 Å². The van der Waals surface area contributed by atoms with Crippen LogP contribution in [0.3, 0.4) is 0 Å². The lowest BCUT2D eigenvalue weighted by Gasteiger charge is -2.51. The van der Waals surface area contributed by atoms with E-state index < -0.39 is 64.1 Å². The van der Waals surface area contributed by atoms with Crippen molar-refractivity contribution in [1.82, 2.24) is 0 Å². The molecule has 2 aromatic carbocycles. The first-order valence-corrected chi connectivity index (χ1v) is 12.7. The second kappa shape index (κ2) is 7.66. The van der Waals surface area contributed by atoms with Gasteiger partial charge < -0.3 is 19.3 Å². The van der Waals surface area contributed by atoms with Gasteiger partial charge in [0.1, 0.15) is 16.9 Å². The van der Waals surface area contributed by atoms with Crippen molar-refractivity contribution in [3.8, 4) is 0 Å². The van der Waals surface area contributed by atoms with E-state index in [1.165, 1.54) is 4.90 Å². The van der Waals surface area contributed by atoms with E-state index in [1.54, 1.807) is 75.4 Å². The number of carbonyl (C=O) groups is 4. The van der Waals surface area contributed by atoms with Gasteiger partial charge in [0.15, 0.2) is 12.3 Å². The minimum Gasteiger partial charge on any atom is -0.461 e. The largest absolute Gasteiger partial charge is 0.461 e. The standard InChI is InChI=1S/C29H29NO8/c1-16-10-12-18(13-11-16)30-22(32)21(37-23(33)17-8-6-5-7-9-17)29-24(30)38-25(34)27(29)15-20(31)36-19(27)14-28(29,35)26(2,3)4/h5-13,19,21,24,35H,14-15H2,1-4H3/t19-,21-,24-,27-,28+,29+/m0/s1. The van der Waals surface area contributed by atoms with Crippen LogP contribution in [0, 0.1) is 23.2 Å². The summed E-state index contributed by atoms with van der Waals surface area (Å²) in [5, 5.41) is 12.7. The highest BCUT2D eigenvalue weighted by Crippen LogP contribution is 2.76. The fourth-order valence-corrected chi connectivity index (χ4v) is 7.23. The van der Waals surface area contributed by atoms with Crippen LogP contribution >= 0.6 is 0 Å². The van der Waals surface area contributed by atoms with Gasteiger partial charge in [0.05, 0.1) is 17.6 Å². The molecule has 3 aliphatic heterocycles. The van der Waals surface area contributed by atoms with Crippen LogP contribution in [0.4, 0.5) is 5.69 Å². The Bertz CT molecular complexity index is 1370. The van der Waals surface area contributed by atoms with Crippen LogP contribution in [0.15, 0.2) is 54.6 Å². The van der Waals surface area contributed by atoms with Crippen molar-refractivity contribution in [3.05, 3.63) is 65.7 Å². The van der Waals surface area contributed by atoms with Crippen LogP contribution in [0.1, 0.15) is 49.5 Å². The summed E-state index contributed by atoms with van der Waals surface area (Å²) in [6, 6.07) is 15.2. The molecule has 2 spiro atoms. The maximum Gasteiger partial charge on any atom is 0.338 e. The number of hydrogen-bond donors (Lipinski definition) is 1. The van der Waals surface area contributed by atoms with E-state index in [1.807, 2.05) is 6.92 Å². The second-order valence-electron chi connectivity index (χ2n) is 11.8. The molecule has 38 heavy (non-hydrogen) atoms. The van der Waals surface area contributed by atoms with Crippen molar-refractivity contribution in [3.63, 3.8) is 0 Å². The molecule has 0 radical (unpaired) electrons. The van der Waals surface area contributed by atoms with Gasteiger partial charge in [0.2, 0.25) is 0 Å². The van der Waals surface area contributed by atoms with Crippen LogP contribution in [-0.4, -0.2) is 53.0 Å². The summed E-state index contributed by atoms with van der Waals surface area (Å²) in [6.45, 7) is 7.25. The molecule has 1 amide bonds. The molecule has 9 nitrogen and oxygen atoms in total. The zero-order chi connectivity index (χ0) is 27.3. The molecule has 1 aliphatic carbocycles. The molecule has 3 heterocycles. The van der Waals surface area contributed by atoms with Crippen molar-refractivity contribution in [2.45, 2.75) is 64.6 Å². The van der Waals surface area contributed by atoms with Crippen LogP contribution in [0.5, 0.6) is 0 Å². The van der Waals surface area contributed by atoms with Crippen molar-refractivity contribution < 1.29 is 38.5 Å². The van der Waals surface area contributed by atoms with E-state index >= 15 is 0 Å². The number of ether oxygens (including phenoxy) is 3. The van der Waals surface area contributed by atoms with Crippen molar-refractivity contribution in [1.29, 1.82) is 0 Å². The number of rotatable bonds is 3.